The first-order chi connectivity index (χ1) is 6.75. The number of ketones is 2. The SMILES string of the molecule is O=C1C=CC(=C2N=CC(=O)C=N2)C=C1. The molecule has 2 rings (SSSR count). The normalized spacial score (nSPS) is 19.7. The molecule has 0 atom stereocenters. The highest BCUT2D eigenvalue weighted by Gasteiger charge is 2.07. The largest absolute Gasteiger partial charge is 0.290 e. The molecule has 4 heteroatoms. The van der Waals surface area contributed by atoms with Crippen LogP contribution in [0.15, 0.2) is 45.7 Å². The Morgan fingerprint density at radius 1 is 0.786 bits per heavy atom. The summed E-state index contributed by atoms with van der Waals surface area (Å²) < 4.78 is 0. The van der Waals surface area contributed by atoms with Crippen molar-refractivity contribution in [1.29, 1.82) is 0 Å². The lowest BCUT2D eigenvalue weighted by atomic mass is 10.1. The number of allylic oxidation sites excluding steroid dienone is 5. The molecule has 0 spiro atoms. The van der Waals surface area contributed by atoms with Crippen molar-refractivity contribution in [3.63, 3.8) is 0 Å². The fourth-order valence-electron chi connectivity index (χ4n) is 1.07. The first-order valence-electron chi connectivity index (χ1n) is 4.02. The van der Waals surface area contributed by atoms with Gasteiger partial charge in [-0.15, -0.1) is 0 Å². The van der Waals surface area contributed by atoms with E-state index in [-0.39, 0.29) is 11.6 Å². The van der Waals surface area contributed by atoms with Crippen LogP contribution in [0, 0.1) is 0 Å². The molecule has 14 heavy (non-hydrogen) atoms. The average Bonchev–Trinajstić information content (AvgIpc) is 2.21. The topological polar surface area (TPSA) is 58.9 Å². The maximum absolute atomic E-state index is 10.8. The Labute approximate surface area is 80.1 Å². The van der Waals surface area contributed by atoms with Gasteiger partial charge < -0.3 is 0 Å². The summed E-state index contributed by atoms with van der Waals surface area (Å²) >= 11 is 0. The number of carbonyl (C=O) groups excluding carboxylic acids is 2. The van der Waals surface area contributed by atoms with Crippen LogP contribution in [0.3, 0.4) is 0 Å². The number of hydrogen-bond acceptors (Lipinski definition) is 4. The number of carbonyl (C=O) groups is 2. The van der Waals surface area contributed by atoms with Crippen LogP contribution in [0.25, 0.3) is 0 Å². The standard InChI is InChI=1S/C10H6N2O2/c13-8-3-1-7(2-4-8)10-11-5-9(14)6-12-10/h1-6H. The molecule has 0 aromatic rings. The van der Waals surface area contributed by atoms with Crippen molar-refractivity contribution in [3.05, 3.63) is 35.7 Å². The Morgan fingerprint density at radius 3 is 1.93 bits per heavy atom. The quantitative estimate of drug-likeness (QED) is 0.556. The van der Waals surface area contributed by atoms with E-state index in [2.05, 4.69) is 9.98 Å². The number of rotatable bonds is 0. The number of aliphatic imine (C=N–C) groups is 2. The van der Waals surface area contributed by atoms with E-state index in [0.29, 0.717) is 5.82 Å². The predicted molar refractivity (Wildman–Crippen MR) is 52.3 cm³/mol. The van der Waals surface area contributed by atoms with Gasteiger partial charge in [-0.2, -0.15) is 0 Å². The summed E-state index contributed by atoms with van der Waals surface area (Å²) in [7, 11) is 0. The highest BCUT2D eigenvalue weighted by Crippen LogP contribution is 2.15. The van der Waals surface area contributed by atoms with Crippen LogP contribution < -0.4 is 0 Å². The van der Waals surface area contributed by atoms with E-state index in [1.54, 1.807) is 12.2 Å². The van der Waals surface area contributed by atoms with Gasteiger partial charge in [0.25, 0.3) is 0 Å². The third-order valence-electron chi connectivity index (χ3n) is 1.74. The van der Waals surface area contributed by atoms with Crippen molar-refractivity contribution in [1.82, 2.24) is 0 Å². The molecule has 0 N–H and O–H groups in total. The van der Waals surface area contributed by atoms with Crippen LogP contribution in [0.1, 0.15) is 0 Å². The predicted octanol–water partition coefficient (Wildman–Crippen LogP) is 0.617. The van der Waals surface area contributed by atoms with Gasteiger partial charge in [0.05, 0.1) is 12.4 Å². The third-order valence-corrected chi connectivity index (χ3v) is 1.74. The summed E-state index contributed by atoms with van der Waals surface area (Å²) in [6, 6.07) is 0. The number of nitrogens with zero attached hydrogens (tertiary/aromatic N) is 2. The lowest BCUT2D eigenvalue weighted by Crippen LogP contribution is -2.06. The molecule has 0 bridgehead atoms. The molecule has 2 aliphatic rings. The van der Waals surface area contributed by atoms with Gasteiger partial charge in [0.1, 0.15) is 0 Å². The minimum atomic E-state index is -0.228. The minimum Gasteiger partial charge on any atom is -0.290 e. The van der Waals surface area contributed by atoms with E-state index in [0.717, 1.165) is 5.57 Å². The van der Waals surface area contributed by atoms with Gasteiger partial charge >= 0.3 is 0 Å². The fourth-order valence-corrected chi connectivity index (χ4v) is 1.07. The molecule has 0 saturated carbocycles. The zero-order valence-electron chi connectivity index (χ0n) is 7.18. The van der Waals surface area contributed by atoms with Gasteiger partial charge in [-0.25, -0.2) is 9.98 Å². The molecule has 0 fully saturated rings. The second kappa shape index (κ2) is 3.33. The summed E-state index contributed by atoms with van der Waals surface area (Å²) in [6.45, 7) is 0. The molecule has 68 valence electrons. The van der Waals surface area contributed by atoms with Crippen molar-refractivity contribution < 1.29 is 9.59 Å². The van der Waals surface area contributed by atoms with Gasteiger partial charge in [0.2, 0.25) is 5.78 Å². The van der Waals surface area contributed by atoms with Crippen molar-refractivity contribution in [2.24, 2.45) is 9.98 Å². The first kappa shape index (κ1) is 8.50. The molecule has 0 radical (unpaired) electrons. The summed E-state index contributed by atoms with van der Waals surface area (Å²) in [6.07, 6.45) is 8.53. The van der Waals surface area contributed by atoms with Crippen LogP contribution in [0.2, 0.25) is 0 Å². The smallest absolute Gasteiger partial charge is 0.215 e. The maximum atomic E-state index is 10.8. The van der Waals surface area contributed by atoms with Crippen molar-refractivity contribution in [2.75, 3.05) is 0 Å². The minimum absolute atomic E-state index is 0.0609. The summed E-state index contributed by atoms with van der Waals surface area (Å²) in [4.78, 5) is 29.3. The highest BCUT2D eigenvalue weighted by atomic mass is 16.1. The summed E-state index contributed by atoms with van der Waals surface area (Å²) in [5, 5.41) is 0. The Bertz CT molecular complexity index is 373. The molecule has 1 aliphatic heterocycles. The van der Waals surface area contributed by atoms with Crippen LogP contribution in [-0.4, -0.2) is 24.0 Å². The van der Waals surface area contributed by atoms with E-state index in [9.17, 15) is 9.59 Å². The second-order valence-corrected chi connectivity index (χ2v) is 2.77. The van der Waals surface area contributed by atoms with Crippen LogP contribution >= 0.6 is 0 Å². The van der Waals surface area contributed by atoms with Gasteiger partial charge in [-0.05, 0) is 24.3 Å². The van der Waals surface area contributed by atoms with Gasteiger partial charge in [0, 0.05) is 5.57 Å². The third kappa shape index (κ3) is 1.64. The molecule has 4 nitrogen and oxygen atoms in total. The van der Waals surface area contributed by atoms with Gasteiger partial charge in [-0.3, -0.25) is 9.59 Å². The highest BCUT2D eigenvalue weighted by molar-refractivity contribution is 6.54. The molecule has 1 heterocycles. The van der Waals surface area contributed by atoms with E-state index >= 15 is 0 Å². The lowest BCUT2D eigenvalue weighted by molar-refractivity contribution is -0.110. The molecule has 0 unspecified atom stereocenters. The Kier molecular flexibility index (Phi) is 2.02. The van der Waals surface area contributed by atoms with Crippen LogP contribution in [0.5, 0.6) is 0 Å². The van der Waals surface area contributed by atoms with E-state index in [4.69, 9.17) is 0 Å². The molecular weight excluding hydrogens is 180 g/mol. The Hall–Kier alpha value is -2.10. The molecule has 0 aromatic heterocycles. The average molecular weight is 186 g/mol. The van der Waals surface area contributed by atoms with E-state index < -0.39 is 0 Å². The molecule has 1 aliphatic carbocycles. The second-order valence-electron chi connectivity index (χ2n) is 2.77. The van der Waals surface area contributed by atoms with Gasteiger partial charge in [0.15, 0.2) is 11.6 Å². The molecular formula is C10H6N2O2. The summed E-state index contributed by atoms with van der Waals surface area (Å²) in [5.74, 6) is 0.160. The first-order valence-corrected chi connectivity index (χ1v) is 4.02. The molecule has 0 saturated heterocycles. The fraction of sp³-hybridized carbons (Fsp3) is 0. The zero-order valence-corrected chi connectivity index (χ0v) is 7.18. The Morgan fingerprint density at radius 2 is 1.36 bits per heavy atom. The maximum Gasteiger partial charge on any atom is 0.215 e. The lowest BCUT2D eigenvalue weighted by Gasteiger charge is -2.03. The monoisotopic (exact) mass is 186 g/mol. The summed E-state index contributed by atoms with van der Waals surface area (Å²) in [5.41, 5.74) is 0.726. The van der Waals surface area contributed by atoms with E-state index in [1.165, 1.54) is 24.6 Å². The molecule has 0 amide bonds. The van der Waals surface area contributed by atoms with Crippen molar-refractivity contribution in [2.45, 2.75) is 0 Å². The van der Waals surface area contributed by atoms with Gasteiger partial charge in [-0.1, -0.05) is 0 Å². The zero-order chi connectivity index (χ0) is 9.97. The van der Waals surface area contributed by atoms with Crippen LogP contribution in [-0.2, 0) is 9.59 Å². The number of hydrogen-bond donors (Lipinski definition) is 0. The molecule has 0 aromatic carbocycles. The van der Waals surface area contributed by atoms with Crippen molar-refractivity contribution in [3.8, 4) is 0 Å². The Balaban J connectivity index is 2.35. The van der Waals surface area contributed by atoms with Crippen LogP contribution in [0.4, 0.5) is 0 Å². The number of Topliss-reactive ketones (excluding diaryl/α,β-unsaturated/α-hetero) is 1. The van der Waals surface area contributed by atoms with E-state index in [1.807, 2.05) is 0 Å². The van der Waals surface area contributed by atoms with Crippen molar-refractivity contribution >= 4 is 24.0 Å².